The van der Waals surface area contributed by atoms with Crippen molar-refractivity contribution >= 4 is 33.9 Å². The number of hydrogen-bond donors (Lipinski definition) is 4. The second kappa shape index (κ2) is 10.1. The van der Waals surface area contributed by atoms with Crippen LogP contribution in [0.3, 0.4) is 0 Å². The van der Waals surface area contributed by atoms with Crippen LogP contribution in [-0.4, -0.2) is 31.8 Å². The molecule has 0 saturated heterocycles. The molecule has 4 aromatic rings. The number of fused-ring (bicyclic) bond motifs is 4. The molecule has 0 fully saturated rings. The summed E-state index contributed by atoms with van der Waals surface area (Å²) < 4.78 is 0. The summed E-state index contributed by atoms with van der Waals surface area (Å²) in [5.41, 5.74) is 20.6. The first-order valence-electron chi connectivity index (χ1n) is 14.3. The van der Waals surface area contributed by atoms with E-state index in [1.54, 1.807) is 12.1 Å². The zero-order valence-electron chi connectivity index (χ0n) is 24.6. The third-order valence-corrected chi connectivity index (χ3v) is 8.91. The fraction of sp³-hybridized carbons (Fsp3) is 0.500. The van der Waals surface area contributed by atoms with Crippen LogP contribution < -0.4 is 11.5 Å². The number of primary amides is 2. The van der Waals surface area contributed by atoms with Crippen molar-refractivity contribution in [1.82, 2.24) is 19.9 Å². The van der Waals surface area contributed by atoms with Gasteiger partial charge < -0.3 is 21.4 Å². The lowest BCUT2D eigenvalue weighted by molar-refractivity contribution is 0.0988. The number of aromatic nitrogens is 4. The Labute approximate surface area is 235 Å². The first-order chi connectivity index (χ1) is 18.7. The van der Waals surface area contributed by atoms with Crippen LogP contribution in [0.2, 0.25) is 0 Å². The predicted octanol–water partition coefficient (Wildman–Crippen LogP) is 5.63. The lowest BCUT2D eigenvalue weighted by Crippen LogP contribution is -2.27. The molecule has 6 rings (SSSR count). The molecule has 8 nitrogen and oxygen atoms in total. The van der Waals surface area contributed by atoms with Crippen LogP contribution in [0.25, 0.3) is 22.1 Å². The van der Waals surface area contributed by atoms with Crippen LogP contribution in [-0.2, 0) is 25.7 Å². The van der Waals surface area contributed by atoms with Crippen molar-refractivity contribution in [2.24, 2.45) is 34.1 Å². The van der Waals surface area contributed by atoms with Gasteiger partial charge in [-0.15, -0.1) is 0 Å². The van der Waals surface area contributed by atoms with Crippen LogP contribution in [0.1, 0.15) is 97.9 Å². The first kappa shape index (κ1) is 27.9. The Bertz CT molecular complexity index is 1480. The summed E-state index contributed by atoms with van der Waals surface area (Å²) in [4.78, 5) is 38.0. The summed E-state index contributed by atoms with van der Waals surface area (Å²) in [5, 5.41) is 0. The number of aromatic amines is 2. The molecule has 0 spiro atoms. The number of carbonyl (C=O) groups excluding carboxylic acids is 2. The van der Waals surface area contributed by atoms with Crippen LogP contribution >= 0.6 is 0 Å². The SMILES string of the molecule is CC(C)(C)[C@@H]1CCc2nc3cc(C(N)=O)[nH]c3cc2C1.CC(C)(C)[C@H]1CCc2nc3cc(C(N)=O)[nH]c3cc2C1. The number of aryl methyl sites for hydroxylation is 2. The van der Waals surface area contributed by atoms with Gasteiger partial charge in [-0.2, -0.15) is 0 Å². The Morgan fingerprint density at radius 1 is 0.700 bits per heavy atom. The van der Waals surface area contributed by atoms with Crippen LogP contribution in [0.5, 0.6) is 0 Å². The number of H-pyrrole nitrogens is 2. The third-order valence-electron chi connectivity index (χ3n) is 8.91. The van der Waals surface area contributed by atoms with Gasteiger partial charge in [0.2, 0.25) is 0 Å². The molecule has 6 N–H and O–H groups in total. The molecule has 8 heteroatoms. The zero-order chi connectivity index (χ0) is 29.0. The maximum absolute atomic E-state index is 11.2. The minimum absolute atomic E-state index is 0.320. The summed E-state index contributed by atoms with van der Waals surface area (Å²) in [6.45, 7) is 13.8. The molecule has 0 aromatic carbocycles. The minimum atomic E-state index is -0.437. The molecular formula is C32H42N6O2. The molecule has 4 heterocycles. The Balaban J connectivity index is 0.000000161. The Morgan fingerprint density at radius 3 is 1.40 bits per heavy atom. The van der Waals surface area contributed by atoms with E-state index < -0.39 is 11.8 Å². The Morgan fingerprint density at radius 2 is 1.07 bits per heavy atom. The number of rotatable bonds is 2. The molecule has 2 atom stereocenters. The summed E-state index contributed by atoms with van der Waals surface area (Å²) in [6, 6.07) is 7.77. The van der Waals surface area contributed by atoms with E-state index in [0.29, 0.717) is 34.1 Å². The molecule has 2 amide bonds. The van der Waals surface area contributed by atoms with Crippen molar-refractivity contribution in [1.29, 1.82) is 0 Å². The summed E-state index contributed by atoms with van der Waals surface area (Å²) in [6.07, 6.45) is 6.53. The molecule has 0 radical (unpaired) electrons. The highest BCUT2D eigenvalue weighted by atomic mass is 16.1. The van der Waals surface area contributed by atoms with Gasteiger partial charge in [0.15, 0.2) is 0 Å². The van der Waals surface area contributed by atoms with Crippen LogP contribution in [0.4, 0.5) is 0 Å². The fourth-order valence-corrected chi connectivity index (χ4v) is 6.16. The fourth-order valence-electron chi connectivity index (χ4n) is 6.16. The largest absolute Gasteiger partial charge is 0.364 e. The van der Waals surface area contributed by atoms with E-state index >= 15 is 0 Å². The molecule has 2 aliphatic rings. The van der Waals surface area contributed by atoms with E-state index in [-0.39, 0.29) is 0 Å². The molecular weight excluding hydrogens is 500 g/mol. The third kappa shape index (κ3) is 5.62. The second-order valence-electron chi connectivity index (χ2n) is 13.8. The van der Waals surface area contributed by atoms with Gasteiger partial charge in [-0.25, -0.2) is 0 Å². The van der Waals surface area contributed by atoms with Gasteiger partial charge in [0.05, 0.1) is 22.1 Å². The monoisotopic (exact) mass is 542 g/mol. The number of hydrogen-bond acceptors (Lipinski definition) is 4. The van der Waals surface area contributed by atoms with E-state index in [1.807, 2.05) is 0 Å². The number of nitrogens with two attached hydrogens (primary N) is 2. The van der Waals surface area contributed by atoms with E-state index in [2.05, 4.69) is 63.6 Å². The van der Waals surface area contributed by atoms with Crippen molar-refractivity contribution < 1.29 is 9.59 Å². The normalized spacial score (nSPS) is 19.1. The Hall–Kier alpha value is -3.68. The summed E-state index contributed by atoms with van der Waals surface area (Å²) >= 11 is 0. The summed E-state index contributed by atoms with van der Waals surface area (Å²) in [5.74, 6) is 0.488. The maximum atomic E-state index is 11.2. The van der Waals surface area contributed by atoms with Crippen molar-refractivity contribution in [2.75, 3.05) is 0 Å². The maximum Gasteiger partial charge on any atom is 0.265 e. The van der Waals surface area contributed by atoms with E-state index in [0.717, 1.165) is 47.8 Å². The highest BCUT2D eigenvalue weighted by molar-refractivity contribution is 5.96. The summed E-state index contributed by atoms with van der Waals surface area (Å²) in [7, 11) is 0. The van der Waals surface area contributed by atoms with Gasteiger partial charge in [-0.05, 0) is 96.6 Å². The zero-order valence-corrected chi connectivity index (χ0v) is 24.6. The van der Waals surface area contributed by atoms with Gasteiger partial charge >= 0.3 is 0 Å². The number of nitrogens with zero attached hydrogens (tertiary/aromatic N) is 2. The molecule has 0 saturated carbocycles. The van der Waals surface area contributed by atoms with Gasteiger partial charge in [0.25, 0.3) is 11.8 Å². The average molecular weight is 543 g/mol. The average Bonchev–Trinajstić information content (AvgIpc) is 3.48. The molecule has 2 aliphatic carbocycles. The van der Waals surface area contributed by atoms with Gasteiger partial charge in [0, 0.05) is 11.4 Å². The molecule has 4 aromatic heterocycles. The van der Waals surface area contributed by atoms with Crippen molar-refractivity contribution in [2.45, 2.75) is 80.1 Å². The van der Waals surface area contributed by atoms with Crippen molar-refractivity contribution in [3.63, 3.8) is 0 Å². The van der Waals surface area contributed by atoms with Crippen molar-refractivity contribution in [3.8, 4) is 0 Å². The number of amides is 2. The molecule has 40 heavy (non-hydrogen) atoms. The minimum Gasteiger partial charge on any atom is -0.364 e. The topological polar surface area (TPSA) is 144 Å². The lowest BCUT2D eigenvalue weighted by atomic mass is 9.71. The van der Waals surface area contributed by atoms with Crippen molar-refractivity contribution in [3.05, 3.63) is 58.2 Å². The quantitative estimate of drug-likeness (QED) is 0.260. The van der Waals surface area contributed by atoms with Gasteiger partial charge in [-0.3, -0.25) is 19.6 Å². The van der Waals surface area contributed by atoms with Crippen LogP contribution in [0.15, 0.2) is 24.3 Å². The molecule has 0 bridgehead atoms. The number of nitrogens with one attached hydrogen (secondary N) is 2. The molecule has 212 valence electrons. The molecule has 0 unspecified atom stereocenters. The first-order valence-corrected chi connectivity index (χ1v) is 14.3. The standard InChI is InChI=1S/2C16H21N3O/c2*1-16(2,3)10-4-5-11-9(6-10)7-12-13(18-11)8-14(19-12)15(17)20/h2*7-8,10,19H,4-6H2,1-3H3,(H2,17,20)/t2*10-/m10/s1. The second-order valence-corrected chi connectivity index (χ2v) is 13.8. The van der Waals surface area contributed by atoms with Crippen LogP contribution in [0, 0.1) is 22.7 Å². The number of carbonyl (C=O) groups is 2. The predicted molar refractivity (Wildman–Crippen MR) is 159 cm³/mol. The highest BCUT2D eigenvalue weighted by Crippen LogP contribution is 2.38. The van der Waals surface area contributed by atoms with E-state index in [1.165, 1.54) is 35.4 Å². The van der Waals surface area contributed by atoms with E-state index in [9.17, 15) is 9.59 Å². The lowest BCUT2D eigenvalue weighted by Gasteiger charge is -2.34. The highest BCUT2D eigenvalue weighted by Gasteiger charge is 2.31. The molecule has 0 aliphatic heterocycles. The van der Waals surface area contributed by atoms with Gasteiger partial charge in [-0.1, -0.05) is 41.5 Å². The van der Waals surface area contributed by atoms with E-state index in [4.69, 9.17) is 21.4 Å². The smallest absolute Gasteiger partial charge is 0.265 e. The van der Waals surface area contributed by atoms with Gasteiger partial charge in [0.1, 0.15) is 11.4 Å². The Kier molecular flexibility index (Phi) is 7.01. The number of pyridine rings is 2.